The van der Waals surface area contributed by atoms with Crippen molar-refractivity contribution < 1.29 is 4.79 Å². The number of amides is 1. The molecular weight excluding hydrogens is 452 g/mol. The number of hydrogen-bond acceptors (Lipinski definition) is 5. The van der Waals surface area contributed by atoms with Gasteiger partial charge >= 0.3 is 0 Å². The highest BCUT2D eigenvalue weighted by molar-refractivity contribution is 6.07. The number of anilines is 1. The maximum Gasteiger partial charge on any atom is 0.262 e. The summed E-state index contributed by atoms with van der Waals surface area (Å²) in [4.78, 5) is 17.6. The second kappa shape index (κ2) is 8.77. The third-order valence-electron chi connectivity index (χ3n) is 6.29. The number of hydrogen-bond donors (Lipinski definition) is 1. The van der Waals surface area contributed by atoms with E-state index in [1.807, 2.05) is 59.9 Å². The lowest BCUT2D eigenvalue weighted by molar-refractivity contribution is 0.102. The standard InChI is InChI=1S/C27H24N8O/c1-3-33-17-23(18(2)31-33)24-11-13-28-26-22(15-29-35(24)26)27(36)30-25-12-14-34(32-25)16-20-9-6-8-19-7-4-5-10-21(19)20/h4-15,17H,3,16H2,1-2H3,(H,30,32,36). The molecular formula is C27H24N8O. The Morgan fingerprint density at radius 1 is 1.00 bits per heavy atom. The summed E-state index contributed by atoms with van der Waals surface area (Å²) in [5, 5.41) is 18.8. The molecule has 6 rings (SSSR count). The van der Waals surface area contributed by atoms with Gasteiger partial charge in [0.1, 0.15) is 5.56 Å². The van der Waals surface area contributed by atoms with Gasteiger partial charge in [0.15, 0.2) is 11.5 Å². The smallest absolute Gasteiger partial charge is 0.262 e. The molecule has 4 heterocycles. The molecule has 1 N–H and O–H groups in total. The van der Waals surface area contributed by atoms with Crippen molar-refractivity contribution in [1.29, 1.82) is 0 Å². The van der Waals surface area contributed by atoms with Gasteiger partial charge in [-0.05, 0) is 36.2 Å². The molecule has 0 radical (unpaired) electrons. The zero-order valence-corrected chi connectivity index (χ0v) is 20.0. The molecule has 9 nitrogen and oxygen atoms in total. The average molecular weight is 477 g/mol. The number of benzene rings is 2. The summed E-state index contributed by atoms with van der Waals surface area (Å²) >= 11 is 0. The number of fused-ring (bicyclic) bond motifs is 2. The Bertz CT molecular complexity index is 1720. The SMILES string of the molecule is CCn1cc(-c2ccnc3c(C(=O)Nc4ccn(Cc5cccc6ccccc56)n4)cnn23)c(C)n1. The summed E-state index contributed by atoms with van der Waals surface area (Å²) in [6, 6.07) is 18.2. The molecule has 36 heavy (non-hydrogen) atoms. The molecule has 0 spiro atoms. The number of carbonyl (C=O) groups is 1. The summed E-state index contributed by atoms with van der Waals surface area (Å²) in [6.07, 6.45) is 7.06. The van der Waals surface area contributed by atoms with Crippen molar-refractivity contribution in [2.24, 2.45) is 0 Å². The van der Waals surface area contributed by atoms with Gasteiger partial charge in [0, 0.05) is 36.8 Å². The van der Waals surface area contributed by atoms with Gasteiger partial charge < -0.3 is 5.32 Å². The van der Waals surface area contributed by atoms with Crippen LogP contribution in [-0.4, -0.2) is 40.1 Å². The van der Waals surface area contributed by atoms with Gasteiger partial charge in [0.05, 0.1) is 24.1 Å². The minimum Gasteiger partial charge on any atom is -0.305 e. The van der Waals surface area contributed by atoms with Crippen LogP contribution in [0.15, 0.2) is 79.4 Å². The molecule has 0 saturated carbocycles. The molecule has 1 amide bonds. The molecule has 6 aromatic rings. The molecule has 0 aliphatic carbocycles. The van der Waals surface area contributed by atoms with Gasteiger partial charge in [-0.15, -0.1) is 0 Å². The third-order valence-corrected chi connectivity index (χ3v) is 6.29. The van der Waals surface area contributed by atoms with Crippen LogP contribution in [0.5, 0.6) is 0 Å². The number of aromatic nitrogens is 7. The summed E-state index contributed by atoms with van der Waals surface area (Å²) < 4.78 is 5.37. The van der Waals surface area contributed by atoms with E-state index in [4.69, 9.17) is 0 Å². The largest absolute Gasteiger partial charge is 0.305 e. The van der Waals surface area contributed by atoms with Crippen molar-refractivity contribution in [3.63, 3.8) is 0 Å². The van der Waals surface area contributed by atoms with Crippen molar-refractivity contribution in [1.82, 2.24) is 34.2 Å². The lowest BCUT2D eigenvalue weighted by atomic mass is 10.0. The molecule has 0 atom stereocenters. The van der Waals surface area contributed by atoms with Crippen LogP contribution in [0.2, 0.25) is 0 Å². The van der Waals surface area contributed by atoms with Gasteiger partial charge in [0.25, 0.3) is 5.91 Å². The fraction of sp³-hybridized carbons (Fsp3) is 0.148. The maximum atomic E-state index is 13.1. The van der Waals surface area contributed by atoms with E-state index >= 15 is 0 Å². The number of nitrogens with zero attached hydrogens (tertiary/aromatic N) is 7. The van der Waals surface area contributed by atoms with E-state index in [0.717, 1.165) is 29.1 Å². The third kappa shape index (κ3) is 3.80. The van der Waals surface area contributed by atoms with Crippen LogP contribution >= 0.6 is 0 Å². The van der Waals surface area contributed by atoms with Crippen LogP contribution in [0.4, 0.5) is 5.82 Å². The van der Waals surface area contributed by atoms with E-state index in [1.165, 1.54) is 17.0 Å². The predicted octanol–water partition coefficient (Wildman–Crippen LogP) is 4.57. The Hall–Kier alpha value is -4.79. The lowest BCUT2D eigenvalue weighted by Gasteiger charge is -2.07. The zero-order valence-electron chi connectivity index (χ0n) is 20.0. The van der Waals surface area contributed by atoms with Crippen LogP contribution in [0.3, 0.4) is 0 Å². The van der Waals surface area contributed by atoms with Crippen LogP contribution in [0, 0.1) is 6.92 Å². The van der Waals surface area contributed by atoms with E-state index in [1.54, 1.807) is 16.8 Å². The molecule has 0 aliphatic heterocycles. The van der Waals surface area contributed by atoms with Gasteiger partial charge in [-0.25, -0.2) is 9.50 Å². The first-order chi connectivity index (χ1) is 17.6. The van der Waals surface area contributed by atoms with Crippen molar-refractivity contribution >= 4 is 28.1 Å². The minimum atomic E-state index is -0.314. The Labute approximate surface area is 207 Å². The number of carbonyl (C=O) groups excluding carboxylic acids is 1. The fourth-order valence-electron chi connectivity index (χ4n) is 4.49. The van der Waals surface area contributed by atoms with Gasteiger partial charge in [-0.3, -0.25) is 14.2 Å². The van der Waals surface area contributed by atoms with Gasteiger partial charge in [-0.2, -0.15) is 15.3 Å². The fourth-order valence-corrected chi connectivity index (χ4v) is 4.49. The van der Waals surface area contributed by atoms with Crippen LogP contribution in [-0.2, 0) is 13.1 Å². The number of rotatable bonds is 6. The van der Waals surface area contributed by atoms with Gasteiger partial charge in [-0.1, -0.05) is 42.5 Å². The van der Waals surface area contributed by atoms with E-state index in [0.29, 0.717) is 23.6 Å². The molecule has 0 aliphatic rings. The highest BCUT2D eigenvalue weighted by Crippen LogP contribution is 2.24. The second-order valence-corrected chi connectivity index (χ2v) is 8.60. The van der Waals surface area contributed by atoms with E-state index in [2.05, 4.69) is 49.9 Å². The molecule has 4 aromatic heterocycles. The summed E-state index contributed by atoms with van der Waals surface area (Å²) in [5.74, 6) is 0.154. The molecule has 0 bridgehead atoms. The van der Waals surface area contributed by atoms with Crippen molar-refractivity contribution in [2.75, 3.05) is 5.32 Å². The Morgan fingerprint density at radius 3 is 2.72 bits per heavy atom. The maximum absolute atomic E-state index is 13.1. The van der Waals surface area contributed by atoms with Crippen LogP contribution in [0.1, 0.15) is 28.5 Å². The minimum absolute atomic E-state index is 0.314. The predicted molar refractivity (Wildman–Crippen MR) is 138 cm³/mol. The average Bonchev–Trinajstić information content (AvgIpc) is 3.62. The molecule has 2 aromatic carbocycles. The molecule has 9 heteroatoms. The van der Waals surface area contributed by atoms with E-state index in [-0.39, 0.29) is 5.91 Å². The summed E-state index contributed by atoms with van der Waals surface area (Å²) in [7, 11) is 0. The van der Waals surface area contributed by atoms with E-state index in [9.17, 15) is 4.79 Å². The van der Waals surface area contributed by atoms with Crippen molar-refractivity contribution in [3.05, 3.63) is 96.2 Å². The van der Waals surface area contributed by atoms with E-state index < -0.39 is 0 Å². The molecule has 0 unspecified atom stereocenters. The first-order valence-corrected chi connectivity index (χ1v) is 11.8. The molecule has 0 fully saturated rings. The Balaban J connectivity index is 1.25. The molecule has 0 saturated heterocycles. The first-order valence-electron chi connectivity index (χ1n) is 11.8. The lowest BCUT2D eigenvalue weighted by Crippen LogP contribution is -2.13. The van der Waals surface area contributed by atoms with Crippen LogP contribution in [0.25, 0.3) is 27.7 Å². The monoisotopic (exact) mass is 476 g/mol. The summed E-state index contributed by atoms with van der Waals surface area (Å²) in [6.45, 7) is 5.37. The quantitative estimate of drug-likeness (QED) is 0.380. The number of nitrogens with one attached hydrogen (secondary N) is 1. The Morgan fingerprint density at radius 2 is 1.86 bits per heavy atom. The zero-order chi connectivity index (χ0) is 24.6. The summed E-state index contributed by atoms with van der Waals surface area (Å²) in [5.41, 5.74) is 4.68. The molecule has 178 valence electrons. The van der Waals surface area contributed by atoms with Gasteiger partial charge in [0.2, 0.25) is 0 Å². The first kappa shape index (κ1) is 21.7. The second-order valence-electron chi connectivity index (χ2n) is 8.60. The van der Waals surface area contributed by atoms with Crippen molar-refractivity contribution in [3.8, 4) is 11.3 Å². The normalized spacial score (nSPS) is 11.4. The topological polar surface area (TPSA) is 94.9 Å². The van der Waals surface area contributed by atoms with Crippen LogP contribution < -0.4 is 5.32 Å². The highest BCUT2D eigenvalue weighted by Gasteiger charge is 2.19. The Kier molecular flexibility index (Phi) is 5.29. The highest BCUT2D eigenvalue weighted by atomic mass is 16.1. The number of aryl methyl sites for hydroxylation is 2. The van der Waals surface area contributed by atoms with Crippen molar-refractivity contribution in [2.45, 2.75) is 26.9 Å².